The van der Waals surface area contributed by atoms with Crippen LogP contribution in [-0.2, 0) is 14.7 Å². The molecule has 0 bridgehead atoms. The normalized spacial score (nSPS) is 12.7. The number of nitrogens with zero attached hydrogens (tertiary/aromatic N) is 2. The van der Waals surface area contributed by atoms with Crippen LogP contribution in [-0.4, -0.2) is 38.0 Å². The van der Waals surface area contributed by atoms with Crippen LogP contribution < -0.4 is 4.90 Å². The highest BCUT2D eigenvalue weighted by Crippen LogP contribution is 2.61. The van der Waals surface area contributed by atoms with E-state index in [1.165, 1.54) is 18.3 Å². The van der Waals surface area contributed by atoms with E-state index < -0.39 is 26.6 Å². The molecule has 0 fully saturated rings. The molecule has 0 aliphatic heterocycles. The second-order valence-electron chi connectivity index (χ2n) is 6.50. The summed E-state index contributed by atoms with van der Waals surface area (Å²) >= 11 is 3.20. The first-order chi connectivity index (χ1) is 14.0. The Kier molecular flexibility index (Phi) is 8.80. The Balaban J connectivity index is 2.34. The molecule has 1 heterocycles. The fraction of sp³-hybridized carbons (Fsp3) is 0.526. The molecule has 0 aliphatic carbocycles. The number of rotatable bonds is 10. The number of hydrogen-bond acceptors (Lipinski definition) is 4. The Morgan fingerprint density at radius 2 is 1.67 bits per heavy atom. The third kappa shape index (κ3) is 6.45. The van der Waals surface area contributed by atoms with Gasteiger partial charge in [0, 0.05) is 41.6 Å². The number of anilines is 1. The topological polar surface area (TPSA) is 34.6 Å². The average Bonchev–Trinajstić information content (AvgIpc) is 2.65. The molecule has 1 aromatic carbocycles. The van der Waals surface area contributed by atoms with Gasteiger partial charge in [0.2, 0.25) is 0 Å². The highest BCUT2D eigenvalue weighted by atomic mass is 79.9. The van der Waals surface area contributed by atoms with Gasteiger partial charge in [-0.3, -0.25) is 0 Å². The zero-order valence-corrected chi connectivity index (χ0v) is 19.3. The fourth-order valence-electron chi connectivity index (χ4n) is 2.76. The second-order valence-corrected chi connectivity index (χ2v) is 8.94. The lowest BCUT2D eigenvalue weighted by atomic mass is 10.1. The Labute approximate surface area is 181 Å². The Morgan fingerprint density at radius 1 is 1.03 bits per heavy atom. The van der Waals surface area contributed by atoms with Gasteiger partial charge in [0.25, 0.3) is 8.38 Å². The molecular formula is C19H23BrF5N2O2P. The summed E-state index contributed by atoms with van der Waals surface area (Å²) in [5.74, 6) is 0.401. The average molecular weight is 517 g/mol. The standard InChI is InChI=1S/C19H23BrF5N2O2P/c1-4-28-30(29-5-2)19(24,25)15-9-13-11-17(26-12-14(13)10-16(15)20)27(3)8-6-7-18(21,22)23/h9-12H,4-8H2,1-3H3. The second kappa shape index (κ2) is 10.5. The van der Waals surface area contributed by atoms with Crippen molar-refractivity contribution in [2.75, 3.05) is 31.7 Å². The summed E-state index contributed by atoms with van der Waals surface area (Å²) in [4.78, 5) is 5.81. The molecule has 1 aromatic heterocycles. The van der Waals surface area contributed by atoms with Gasteiger partial charge in [-0.15, -0.1) is 0 Å². The number of hydrogen-bond donors (Lipinski definition) is 0. The van der Waals surface area contributed by atoms with Crippen molar-refractivity contribution in [3.05, 3.63) is 34.4 Å². The van der Waals surface area contributed by atoms with Crippen molar-refractivity contribution in [3.8, 4) is 0 Å². The summed E-state index contributed by atoms with van der Waals surface area (Å²) in [6.07, 6.45) is -3.70. The largest absolute Gasteiger partial charge is 0.389 e. The molecule has 168 valence electrons. The Bertz CT molecular complexity index is 848. The predicted octanol–water partition coefficient (Wildman–Crippen LogP) is 7.21. The van der Waals surface area contributed by atoms with E-state index in [9.17, 15) is 13.2 Å². The van der Waals surface area contributed by atoms with Crippen molar-refractivity contribution in [2.24, 2.45) is 0 Å². The van der Waals surface area contributed by atoms with Crippen molar-refractivity contribution >= 4 is 40.9 Å². The van der Waals surface area contributed by atoms with Gasteiger partial charge in [0.05, 0.1) is 13.2 Å². The number of fused-ring (bicyclic) bond motifs is 1. The van der Waals surface area contributed by atoms with Crippen LogP contribution in [0.5, 0.6) is 0 Å². The molecule has 0 saturated heterocycles. The van der Waals surface area contributed by atoms with Gasteiger partial charge in [-0.05, 0) is 43.9 Å². The van der Waals surface area contributed by atoms with Crippen molar-refractivity contribution in [3.63, 3.8) is 0 Å². The third-order valence-corrected chi connectivity index (χ3v) is 6.53. The molecule has 2 aromatic rings. The van der Waals surface area contributed by atoms with E-state index in [0.717, 1.165) is 0 Å². The minimum atomic E-state index is -4.22. The Morgan fingerprint density at radius 3 is 2.23 bits per heavy atom. The van der Waals surface area contributed by atoms with Crippen LogP contribution in [0.3, 0.4) is 0 Å². The minimum Gasteiger partial charge on any atom is -0.360 e. The predicted molar refractivity (Wildman–Crippen MR) is 112 cm³/mol. The van der Waals surface area contributed by atoms with Crippen LogP contribution in [0.25, 0.3) is 10.8 Å². The van der Waals surface area contributed by atoms with Crippen molar-refractivity contribution in [1.29, 1.82) is 0 Å². The molecule has 0 radical (unpaired) electrons. The highest BCUT2D eigenvalue weighted by Gasteiger charge is 2.46. The number of benzene rings is 1. The van der Waals surface area contributed by atoms with Crippen molar-refractivity contribution in [2.45, 2.75) is 38.5 Å². The fourth-order valence-corrected chi connectivity index (χ4v) is 4.77. The van der Waals surface area contributed by atoms with Crippen LogP contribution >= 0.6 is 24.3 Å². The van der Waals surface area contributed by atoms with Gasteiger partial charge in [-0.2, -0.15) is 22.0 Å². The lowest BCUT2D eigenvalue weighted by Gasteiger charge is -2.26. The summed E-state index contributed by atoms with van der Waals surface area (Å²) in [5, 5.41) is 1.11. The van der Waals surface area contributed by atoms with Crippen molar-refractivity contribution in [1.82, 2.24) is 4.98 Å². The first-order valence-electron chi connectivity index (χ1n) is 9.31. The molecule has 30 heavy (non-hydrogen) atoms. The summed E-state index contributed by atoms with van der Waals surface area (Å²) in [7, 11) is -0.874. The van der Waals surface area contributed by atoms with E-state index in [2.05, 4.69) is 20.9 Å². The van der Waals surface area contributed by atoms with Gasteiger partial charge < -0.3 is 13.9 Å². The molecule has 0 N–H and O–H groups in total. The maximum atomic E-state index is 15.1. The van der Waals surface area contributed by atoms with E-state index in [1.807, 2.05) is 0 Å². The van der Waals surface area contributed by atoms with Gasteiger partial charge in [0.15, 0.2) is 0 Å². The summed E-state index contributed by atoms with van der Waals surface area (Å²) in [6, 6.07) is 4.45. The quantitative estimate of drug-likeness (QED) is 0.247. The Hall–Kier alpha value is -1.09. The molecule has 0 unspecified atom stereocenters. The van der Waals surface area contributed by atoms with Crippen LogP contribution in [0.15, 0.2) is 28.9 Å². The van der Waals surface area contributed by atoms with E-state index in [-0.39, 0.29) is 36.2 Å². The van der Waals surface area contributed by atoms with E-state index in [4.69, 9.17) is 9.05 Å². The zero-order chi connectivity index (χ0) is 22.5. The lowest BCUT2D eigenvalue weighted by Crippen LogP contribution is -2.21. The number of aromatic nitrogens is 1. The first-order valence-corrected chi connectivity index (χ1v) is 11.3. The van der Waals surface area contributed by atoms with Gasteiger partial charge in [0.1, 0.15) is 5.82 Å². The minimum absolute atomic E-state index is 0.0866. The van der Waals surface area contributed by atoms with E-state index in [0.29, 0.717) is 16.6 Å². The molecule has 2 rings (SSSR count). The van der Waals surface area contributed by atoms with E-state index >= 15 is 8.78 Å². The van der Waals surface area contributed by atoms with Gasteiger partial charge in [-0.1, -0.05) is 15.9 Å². The van der Waals surface area contributed by atoms with Gasteiger partial charge in [-0.25, -0.2) is 4.98 Å². The van der Waals surface area contributed by atoms with Gasteiger partial charge >= 0.3 is 11.8 Å². The highest BCUT2D eigenvalue weighted by molar-refractivity contribution is 9.10. The number of alkyl halides is 5. The monoisotopic (exact) mass is 516 g/mol. The van der Waals surface area contributed by atoms with Crippen LogP contribution in [0.4, 0.5) is 27.8 Å². The number of pyridine rings is 1. The molecule has 0 atom stereocenters. The number of halogens is 6. The molecule has 0 saturated carbocycles. The first kappa shape index (κ1) is 25.2. The summed E-state index contributed by atoms with van der Waals surface area (Å²) < 4.78 is 77.9. The summed E-state index contributed by atoms with van der Waals surface area (Å²) in [5.41, 5.74) is -3.64. The van der Waals surface area contributed by atoms with Crippen LogP contribution in [0.1, 0.15) is 32.3 Å². The molecular weight excluding hydrogens is 494 g/mol. The maximum absolute atomic E-state index is 15.1. The lowest BCUT2D eigenvalue weighted by molar-refractivity contribution is -0.135. The molecule has 0 aliphatic rings. The van der Waals surface area contributed by atoms with Crippen LogP contribution in [0.2, 0.25) is 0 Å². The smallest absolute Gasteiger partial charge is 0.360 e. The zero-order valence-electron chi connectivity index (χ0n) is 16.8. The SMILES string of the molecule is CCOP(OCC)C(F)(F)c1cc2cc(N(C)CCCC(F)(F)F)ncc2cc1Br. The summed E-state index contributed by atoms with van der Waals surface area (Å²) in [6.45, 7) is 3.54. The molecule has 0 amide bonds. The van der Waals surface area contributed by atoms with Crippen molar-refractivity contribution < 1.29 is 31.0 Å². The third-order valence-electron chi connectivity index (χ3n) is 4.18. The maximum Gasteiger partial charge on any atom is 0.389 e. The van der Waals surface area contributed by atoms with Crippen LogP contribution in [0, 0.1) is 0 Å². The molecule has 4 nitrogen and oxygen atoms in total. The van der Waals surface area contributed by atoms with E-state index in [1.54, 1.807) is 31.9 Å². The molecule has 11 heteroatoms. The molecule has 0 spiro atoms.